The molecule has 1 N–H and O–H groups in total. The van der Waals surface area contributed by atoms with Crippen LogP contribution in [0, 0.1) is 10.1 Å². The van der Waals surface area contributed by atoms with E-state index >= 15 is 0 Å². The Bertz CT molecular complexity index is 790. The Kier molecular flexibility index (Phi) is 3.61. The van der Waals surface area contributed by atoms with Gasteiger partial charge in [-0.2, -0.15) is 0 Å². The fraction of sp³-hybridized carbons (Fsp3) is 0.188. The zero-order chi connectivity index (χ0) is 16.6. The minimum absolute atomic E-state index is 0.0231. The highest BCUT2D eigenvalue weighted by Gasteiger charge is 2.30. The van der Waals surface area contributed by atoms with Crippen molar-refractivity contribution in [2.24, 2.45) is 0 Å². The summed E-state index contributed by atoms with van der Waals surface area (Å²) in [5, 5.41) is 20.3. The zero-order valence-electron chi connectivity index (χ0n) is 12.3. The number of nitro benzene ring substituents is 1. The number of phenolic OH excluding ortho intramolecular Hbond substituents is 1. The third-order valence-electron chi connectivity index (χ3n) is 3.85. The predicted molar refractivity (Wildman–Crippen MR) is 81.2 cm³/mol. The summed E-state index contributed by atoms with van der Waals surface area (Å²) >= 11 is 0. The van der Waals surface area contributed by atoms with E-state index in [1.165, 1.54) is 29.2 Å². The van der Waals surface area contributed by atoms with Gasteiger partial charge in [0.15, 0.2) is 0 Å². The zero-order valence-corrected chi connectivity index (χ0v) is 12.3. The van der Waals surface area contributed by atoms with Gasteiger partial charge in [-0.05, 0) is 24.6 Å². The first kappa shape index (κ1) is 14.8. The second-order valence-corrected chi connectivity index (χ2v) is 5.32. The van der Waals surface area contributed by atoms with E-state index < -0.39 is 11.0 Å². The average Bonchev–Trinajstić information content (AvgIpc) is 2.53. The van der Waals surface area contributed by atoms with E-state index in [9.17, 15) is 20.0 Å². The first-order valence-electron chi connectivity index (χ1n) is 7.00. The second-order valence-electron chi connectivity index (χ2n) is 5.32. The molecule has 3 rings (SSSR count). The lowest BCUT2D eigenvalue weighted by atomic mass is 10.0. The van der Waals surface area contributed by atoms with Crippen molar-refractivity contribution in [2.75, 3.05) is 0 Å². The molecule has 0 aliphatic carbocycles. The van der Waals surface area contributed by atoms with Crippen molar-refractivity contribution < 1.29 is 19.6 Å². The Morgan fingerprint density at radius 3 is 2.83 bits per heavy atom. The van der Waals surface area contributed by atoms with Crippen LogP contribution in [0.15, 0.2) is 42.5 Å². The van der Waals surface area contributed by atoms with Crippen LogP contribution >= 0.6 is 0 Å². The van der Waals surface area contributed by atoms with Crippen molar-refractivity contribution in [2.45, 2.75) is 19.5 Å². The highest BCUT2D eigenvalue weighted by molar-refractivity contribution is 5.74. The Labute approximate surface area is 131 Å². The number of carbonyl (C=O) groups excluding carboxylic acids is 1. The Morgan fingerprint density at radius 1 is 1.30 bits per heavy atom. The van der Waals surface area contributed by atoms with Gasteiger partial charge in [-0.1, -0.05) is 12.1 Å². The van der Waals surface area contributed by atoms with Crippen LogP contribution in [0.2, 0.25) is 0 Å². The maximum Gasteiger partial charge on any atom is 0.416 e. The molecule has 0 saturated carbocycles. The topological polar surface area (TPSA) is 92.9 Å². The molecule has 0 spiro atoms. The molecule has 0 radical (unpaired) electrons. The van der Waals surface area contributed by atoms with E-state index in [1.807, 2.05) is 0 Å². The molecule has 1 unspecified atom stereocenters. The van der Waals surface area contributed by atoms with Gasteiger partial charge in [0.05, 0.1) is 17.5 Å². The van der Waals surface area contributed by atoms with Crippen molar-refractivity contribution in [3.63, 3.8) is 0 Å². The first-order chi connectivity index (χ1) is 11.0. The molecule has 0 bridgehead atoms. The van der Waals surface area contributed by atoms with Crippen molar-refractivity contribution in [3.05, 3.63) is 63.7 Å². The summed E-state index contributed by atoms with van der Waals surface area (Å²) in [7, 11) is 0. The van der Waals surface area contributed by atoms with Gasteiger partial charge < -0.3 is 9.84 Å². The average molecular weight is 314 g/mol. The number of hydrogen-bond acceptors (Lipinski definition) is 5. The lowest BCUT2D eigenvalue weighted by Gasteiger charge is -2.32. The number of rotatable bonds is 3. The van der Waals surface area contributed by atoms with Crippen molar-refractivity contribution >= 4 is 11.8 Å². The van der Waals surface area contributed by atoms with Gasteiger partial charge in [0.1, 0.15) is 11.5 Å². The van der Waals surface area contributed by atoms with Crippen LogP contribution in [-0.4, -0.2) is 21.0 Å². The number of non-ortho nitro benzene ring substituents is 1. The van der Waals surface area contributed by atoms with Crippen LogP contribution in [0.1, 0.15) is 24.1 Å². The summed E-state index contributed by atoms with van der Waals surface area (Å²) in [5.74, 6) is 0.356. The Hall–Kier alpha value is -3.09. The third kappa shape index (κ3) is 2.80. The van der Waals surface area contributed by atoms with Crippen LogP contribution < -0.4 is 4.74 Å². The van der Waals surface area contributed by atoms with Crippen molar-refractivity contribution in [1.82, 2.24) is 4.90 Å². The standard InChI is InChI=1S/C16H14N2O5/c1-10(11-3-2-4-13(7-11)18(21)22)17-9-12-5-6-14(19)8-15(12)23-16(17)20/h2-8,10,19H,9H2,1H3. The minimum atomic E-state index is -0.554. The highest BCUT2D eigenvalue weighted by atomic mass is 16.6. The fourth-order valence-electron chi connectivity index (χ4n) is 2.54. The normalized spacial score (nSPS) is 14.8. The summed E-state index contributed by atoms with van der Waals surface area (Å²) < 4.78 is 5.24. The van der Waals surface area contributed by atoms with E-state index in [0.29, 0.717) is 17.9 Å². The molecule has 0 saturated heterocycles. The van der Waals surface area contributed by atoms with Gasteiger partial charge in [0.25, 0.3) is 5.69 Å². The van der Waals surface area contributed by atoms with Crippen molar-refractivity contribution in [1.29, 1.82) is 0 Å². The number of hydrogen-bond donors (Lipinski definition) is 1. The number of phenols is 1. The van der Waals surface area contributed by atoms with E-state index in [1.54, 1.807) is 25.1 Å². The van der Waals surface area contributed by atoms with Gasteiger partial charge in [0.2, 0.25) is 0 Å². The molecule has 118 valence electrons. The maximum atomic E-state index is 12.2. The molecule has 1 aliphatic heterocycles. The molecule has 23 heavy (non-hydrogen) atoms. The van der Waals surface area contributed by atoms with Crippen molar-refractivity contribution in [3.8, 4) is 11.5 Å². The Balaban J connectivity index is 1.89. The van der Waals surface area contributed by atoms with Crippen LogP contribution in [0.3, 0.4) is 0 Å². The molecule has 2 aromatic rings. The predicted octanol–water partition coefficient (Wildman–Crippen LogP) is 3.38. The number of nitrogens with zero attached hydrogens (tertiary/aromatic N) is 2. The summed E-state index contributed by atoms with van der Waals surface area (Å²) in [6, 6.07) is 10.4. The number of fused-ring (bicyclic) bond motifs is 1. The van der Waals surface area contributed by atoms with Crippen LogP contribution in [0.25, 0.3) is 0 Å². The number of benzene rings is 2. The summed E-state index contributed by atoms with van der Waals surface area (Å²) in [4.78, 5) is 24.1. The van der Waals surface area contributed by atoms with Crippen LogP contribution in [-0.2, 0) is 6.54 Å². The number of carbonyl (C=O) groups is 1. The van der Waals surface area contributed by atoms with E-state index in [4.69, 9.17) is 4.74 Å². The fourth-order valence-corrected chi connectivity index (χ4v) is 2.54. The number of nitro groups is 1. The molecular formula is C16H14N2O5. The smallest absolute Gasteiger partial charge is 0.416 e. The molecule has 0 aromatic heterocycles. The maximum absolute atomic E-state index is 12.2. The van der Waals surface area contributed by atoms with Crippen LogP contribution in [0.5, 0.6) is 11.5 Å². The molecule has 1 heterocycles. The molecular weight excluding hydrogens is 300 g/mol. The van der Waals surface area contributed by atoms with Gasteiger partial charge >= 0.3 is 6.09 Å². The van der Waals surface area contributed by atoms with Gasteiger partial charge in [-0.15, -0.1) is 0 Å². The number of amides is 1. The second kappa shape index (κ2) is 5.60. The first-order valence-corrected chi connectivity index (χ1v) is 7.00. The Morgan fingerprint density at radius 2 is 2.09 bits per heavy atom. The summed E-state index contributed by atoms with van der Waals surface area (Å²) in [5.41, 5.74) is 1.39. The van der Waals surface area contributed by atoms with E-state index in [2.05, 4.69) is 0 Å². The minimum Gasteiger partial charge on any atom is -0.508 e. The molecule has 1 amide bonds. The van der Waals surface area contributed by atoms with Gasteiger partial charge in [0, 0.05) is 23.8 Å². The molecule has 7 nitrogen and oxygen atoms in total. The number of aromatic hydroxyl groups is 1. The highest BCUT2D eigenvalue weighted by Crippen LogP contribution is 2.34. The van der Waals surface area contributed by atoms with Gasteiger partial charge in [-0.25, -0.2) is 4.79 Å². The molecule has 2 aromatic carbocycles. The molecule has 7 heteroatoms. The van der Waals surface area contributed by atoms with Gasteiger partial charge in [-0.3, -0.25) is 15.0 Å². The molecule has 0 fully saturated rings. The lowest BCUT2D eigenvalue weighted by Crippen LogP contribution is -2.38. The van der Waals surface area contributed by atoms with E-state index in [-0.39, 0.29) is 17.5 Å². The third-order valence-corrected chi connectivity index (χ3v) is 3.85. The van der Waals surface area contributed by atoms with E-state index in [0.717, 1.165) is 5.56 Å². The largest absolute Gasteiger partial charge is 0.508 e. The lowest BCUT2D eigenvalue weighted by molar-refractivity contribution is -0.384. The number of ether oxygens (including phenoxy) is 1. The molecule has 1 atom stereocenters. The molecule has 1 aliphatic rings. The quantitative estimate of drug-likeness (QED) is 0.692. The monoisotopic (exact) mass is 314 g/mol. The summed E-state index contributed by atoms with van der Waals surface area (Å²) in [6.07, 6.45) is -0.554. The SMILES string of the molecule is CC(c1cccc([N+](=O)[O-])c1)N1Cc2ccc(O)cc2OC1=O. The summed E-state index contributed by atoms with van der Waals surface area (Å²) in [6.45, 7) is 2.09. The van der Waals surface area contributed by atoms with Crippen LogP contribution in [0.4, 0.5) is 10.5 Å².